The van der Waals surface area contributed by atoms with Crippen molar-refractivity contribution in [3.8, 4) is 0 Å². The van der Waals surface area contributed by atoms with E-state index in [0.717, 1.165) is 10.2 Å². The first kappa shape index (κ1) is 9.15. The minimum Gasteiger partial charge on any atom is -0.267 e. The summed E-state index contributed by atoms with van der Waals surface area (Å²) < 4.78 is 1.13. The molecule has 0 unspecified atom stereocenters. The second kappa shape index (κ2) is 3.38. The first-order valence-electron chi connectivity index (χ1n) is 4.13. The lowest BCUT2D eigenvalue weighted by Gasteiger charge is -2.01. The Kier molecular flexibility index (Phi) is 2.21. The maximum Gasteiger partial charge on any atom is 0.278 e. The van der Waals surface area contributed by atoms with E-state index >= 15 is 0 Å². The summed E-state index contributed by atoms with van der Waals surface area (Å²) in [5, 5.41) is 8.21. The van der Waals surface area contributed by atoms with Crippen molar-refractivity contribution in [2.24, 2.45) is 0 Å². The molecule has 0 N–H and O–H groups in total. The smallest absolute Gasteiger partial charge is 0.267 e. The molecule has 14 heavy (non-hydrogen) atoms. The summed E-state index contributed by atoms with van der Waals surface area (Å²) in [6, 6.07) is 5.46. The number of hydrogen-bond donors (Lipinski definition) is 0. The van der Waals surface area contributed by atoms with Gasteiger partial charge in [0.1, 0.15) is 11.5 Å². The highest BCUT2D eigenvalue weighted by Crippen LogP contribution is 2.10. The van der Waals surface area contributed by atoms with Gasteiger partial charge >= 0.3 is 0 Å². The molecule has 0 aliphatic heterocycles. The van der Waals surface area contributed by atoms with Crippen LogP contribution in [0.3, 0.4) is 0 Å². The Bertz CT molecular complexity index is 535. The van der Waals surface area contributed by atoms with Gasteiger partial charge in [0.15, 0.2) is 0 Å². The van der Waals surface area contributed by atoms with Gasteiger partial charge in [0, 0.05) is 0 Å². The monoisotopic (exact) mass is 209 g/mol. The molecular weight excluding hydrogens is 202 g/mol. The van der Waals surface area contributed by atoms with Crippen LogP contribution in [0.4, 0.5) is 0 Å². The molecule has 0 spiro atoms. The second-order valence-electron chi connectivity index (χ2n) is 2.98. The predicted octanol–water partition coefficient (Wildman–Crippen LogP) is 1.30. The van der Waals surface area contributed by atoms with Gasteiger partial charge in [-0.3, -0.25) is 4.79 Å². The fraction of sp³-hybridized carbons (Fsp3) is 0.222. The van der Waals surface area contributed by atoms with Gasteiger partial charge in [0.05, 0.1) is 5.39 Å². The van der Waals surface area contributed by atoms with Crippen LogP contribution >= 0.6 is 11.6 Å². The van der Waals surface area contributed by atoms with Crippen molar-refractivity contribution >= 4 is 22.5 Å². The van der Waals surface area contributed by atoms with E-state index < -0.39 is 0 Å². The maximum absolute atomic E-state index is 11.7. The third-order valence-electron chi connectivity index (χ3n) is 2.07. The average Bonchev–Trinajstić information content (AvgIpc) is 2.20. The number of hydrogen-bond acceptors (Lipinski definition) is 3. The van der Waals surface area contributed by atoms with E-state index in [1.54, 1.807) is 6.07 Å². The Morgan fingerprint density at radius 2 is 2.29 bits per heavy atom. The van der Waals surface area contributed by atoms with E-state index in [1.807, 2.05) is 19.1 Å². The van der Waals surface area contributed by atoms with Crippen LogP contribution in [0.5, 0.6) is 0 Å². The normalized spacial score (nSPS) is 10.7. The molecule has 0 bridgehead atoms. The highest BCUT2D eigenvalue weighted by molar-refractivity contribution is 6.15. The molecule has 0 fully saturated rings. The second-order valence-corrected chi connectivity index (χ2v) is 3.22. The van der Waals surface area contributed by atoms with Gasteiger partial charge in [-0.25, -0.2) is 0 Å². The third-order valence-corrected chi connectivity index (χ3v) is 2.29. The molecule has 1 aromatic heterocycles. The fourth-order valence-corrected chi connectivity index (χ4v) is 1.48. The van der Waals surface area contributed by atoms with Crippen molar-refractivity contribution in [1.29, 1.82) is 0 Å². The Hall–Kier alpha value is -1.42. The van der Waals surface area contributed by atoms with Crippen LogP contribution in [-0.2, 0) is 6.00 Å². The summed E-state index contributed by atoms with van der Waals surface area (Å²) in [4.78, 5) is 11.7. The number of alkyl halides is 1. The van der Waals surface area contributed by atoms with Crippen LogP contribution < -0.4 is 5.56 Å². The van der Waals surface area contributed by atoms with Crippen molar-refractivity contribution in [2.45, 2.75) is 12.9 Å². The minimum absolute atomic E-state index is 0.0235. The zero-order valence-electron chi connectivity index (χ0n) is 7.57. The molecule has 0 aliphatic carbocycles. The molecule has 0 saturated heterocycles. The van der Waals surface area contributed by atoms with E-state index in [4.69, 9.17) is 11.6 Å². The number of fused-ring (bicyclic) bond motifs is 1. The first-order valence-corrected chi connectivity index (χ1v) is 4.66. The number of nitrogens with zero attached hydrogens (tertiary/aromatic N) is 3. The molecule has 4 nitrogen and oxygen atoms in total. The van der Waals surface area contributed by atoms with Gasteiger partial charge in [0.2, 0.25) is 0 Å². The molecule has 0 aliphatic rings. The fourth-order valence-electron chi connectivity index (χ4n) is 1.32. The zero-order chi connectivity index (χ0) is 10.1. The Balaban J connectivity index is 2.91. The van der Waals surface area contributed by atoms with Gasteiger partial charge in [-0.15, -0.1) is 16.7 Å². The predicted molar refractivity (Wildman–Crippen MR) is 54.4 cm³/mol. The summed E-state index contributed by atoms with van der Waals surface area (Å²) in [6.45, 7) is 1.89. The Morgan fingerprint density at radius 1 is 1.50 bits per heavy atom. The summed E-state index contributed by atoms with van der Waals surface area (Å²) in [7, 11) is 0. The largest absolute Gasteiger partial charge is 0.278 e. The van der Waals surface area contributed by atoms with E-state index in [2.05, 4.69) is 10.3 Å². The molecule has 5 heteroatoms. The highest BCUT2D eigenvalue weighted by atomic mass is 35.5. The van der Waals surface area contributed by atoms with Crippen LogP contribution in [0.1, 0.15) is 5.56 Å². The molecule has 0 radical (unpaired) electrons. The molecule has 1 aromatic carbocycles. The lowest BCUT2D eigenvalue weighted by molar-refractivity contribution is 0.640. The van der Waals surface area contributed by atoms with Gasteiger partial charge in [-0.2, -0.15) is 4.68 Å². The average molecular weight is 210 g/mol. The van der Waals surface area contributed by atoms with Gasteiger partial charge in [0.25, 0.3) is 5.56 Å². The van der Waals surface area contributed by atoms with Crippen LogP contribution in [0, 0.1) is 6.92 Å². The highest BCUT2D eigenvalue weighted by Gasteiger charge is 2.05. The Labute approximate surface area is 85.1 Å². The van der Waals surface area contributed by atoms with Crippen molar-refractivity contribution in [2.75, 3.05) is 0 Å². The molecular formula is C9H8ClN3O. The van der Waals surface area contributed by atoms with Crippen LogP contribution in [0.2, 0.25) is 0 Å². The summed E-state index contributed by atoms with van der Waals surface area (Å²) in [6.07, 6.45) is 0. The third kappa shape index (κ3) is 1.28. The van der Waals surface area contributed by atoms with E-state index in [-0.39, 0.29) is 11.6 Å². The molecule has 72 valence electrons. The van der Waals surface area contributed by atoms with Crippen LogP contribution in [0.25, 0.3) is 10.9 Å². The molecule has 0 amide bonds. The molecule has 2 rings (SSSR count). The topological polar surface area (TPSA) is 47.8 Å². The van der Waals surface area contributed by atoms with E-state index in [0.29, 0.717) is 10.9 Å². The van der Waals surface area contributed by atoms with Gasteiger partial charge in [-0.05, 0) is 18.6 Å². The maximum atomic E-state index is 11.7. The van der Waals surface area contributed by atoms with Gasteiger partial charge in [-0.1, -0.05) is 17.3 Å². The lowest BCUT2D eigenvalue weighted by atomic mass is 10.1. The summed E-state index contributed by atoms with van der Waals surface area (Å²) in [5.41, 5.74) is 1.38. The van der Waals surface area contributed by atoms with Gasteiger partial charge < -0.3 is 0 Å². The number of rotatable bonds is 1. The zero-order valence-corrected chi connectivity index (χ0v) is 8.32. The Morgan fingerprint density at radius 3 is 3.00 bits per heavy atom. The number of halogens is 1. The number of benzene rings is 1. The minimum atomic E-state index is -0.200. The van der Waals surface area contributed by atoms with Crippen molar-refractivity contribution in [3.05, 3.63) is 34.1 Å². The first-order chi connectivity index (χ1) is 6.74. The quantitative estimate of drug-likeness (QED) is 0.665. The molecule has 0 saturated carbocycles. The lowest BCUT2D eigenvalue weighted by Crippen LogP contribution is -2.22. The van der Waals surface area contributed by atoms with Crippen LogP contribution in [-0.4, -0.2) is 15.0 Å². The van der Waals surface area contributed by atoms with Crippen LogP contribution in [0.15, 0.2) is 23.0 Å². The molecule has 2 aromatic rings. The summed E-state index contributed by atoms with van der Waals surface area (Å²) >= 11 is 5.53. The SMILES string of the molecule is Cc1cccc2c(=O)n(CCl)nnc12. The summed E-state index contributed by atoms with van der Waals surface area (Å²) in [5.74, 6) is 0. The standard InChI is InChI=1S/C9H8ClN3O/c1-6-3-2-4-7-8(6)11-12-13(5-10)9(7)14/h2-4H,5H2,1H3. The van der Waals surface area contributed by atoms with Crippen molar-refractivity contribution < 1.29 is 0 Å². The number of aromatic nitrogens is 3. The number of aryl methyl sites for hydroxylation is 1. The molecule has 0 atom stereocenters. The molecule has 1 heterocycles. The van der Waals surface area contributed by atoms with Crippen molar-refractivity contribution in [1.82, 2.24) is 15.0 Å². The van der Waals surface area contributed by atoms with Crippen molar-refractivity contribution in [3.63, 3.8) is 0 Å². The van der Waals surface area contributed by atoms with E-state index in [9.17, 15) is 4.79 Å². The van der Waals surface area contributed by atoms with E-state index in [1.165, 1.54) is 0 Å².